The first kappa shape index (κ1) is 14.2. The monoisotopic (exact) mass is 293 g/mol. The number of nitro groups is 1. The molecule has 0 radical (unpaired) electrons. The van der Waals surface area contributed by atoms with E-state index in [2.05, 4.69) is 26.0 Å². The number of aryl methyl sites for hydroxylation is 1. The van der Waals surface area contributed by atoms with Crippen LogP contribution < -0.4 is 10.6 Å². The van der Waals surface area contributed by atoms with Crippen molar-refractivity contribution >= 4 is 28.8 Å². The highest BCUT2D eigenvalue weighted by molar-refractivity contribution is 7.07. The van der Waals surface area contributed by atoms with Crippen molar-refractivity contribution in [3.63, 3.8) is 0 Å². The lowest BCUT2D eigenvalue weighted by atomic mass is 10.2. The first-order chi connectivity index (χ1) is 9.61. The smallest absolute Gasteiger partial charge is 0.332 e. The molecule has 0 unspecified atom stereocenters. The number of rotatable bonds is 6. The van der Waals surface area contributed by atoms with E-state index in [4.69, 9.17) is 0 Å². The fourth-order valence-corrected chi connectivity index (χ4v) is 2.48. The first-order valence-electron chi connectivity index (χ1n) is 6.07. The van der Waals surface area contributed by atoms with Gasteiger partial charge in [0, 0.05) is 13.6 Å². The van der Waals surface area contributed by atoms with Crippen molar-refractivity contribution in [1.82, 2.24) is 9.97 Å². The van der Waals surface area contributed by atoms with Crippen molar-refractivity contribution in [2.45, 2.75) is 13.3 Å². The molecule has 0 amide bonds. The summed E-state index contributed by atoms with van der Waals surface area (Å²) in [5, 5.41) is 21.0. The van der Waals surface area contributed by atoms with Gasteiger partial charge in [-0.1, -0.05) is 0 Å². The third-order valence-corrected chi connectivity index (χ3v) is 3.48. The predicted octanol–water partition coefficient (Wildman–Crippen LogP) is 2.45. The van der Waals surface area contributed by atoms with E-state index >= 15 is 0 Å². The molecule has 7 nitrogen and oxygen atoms in total. The van der Waals surface area contributed by atoms with E-state index in [1.807, 2.05) is 11.4 Å². The zero-order valence-corrected chi connectivity index (χ0v) is 12.0. The van der Waals surface area contributed by atoms with Gasteiger partial charge in [0.2, 0.25) is 11.8 Å². The second kappa shape index (κ2) is 6.29. The van der Waals surface area contributed by atoms with Crippen molar-refractivity contribution in [2.24, 2.45) is 0 Å². The molecule has 2 rings (SSSR count). The molecular formula is C12H15N5O2S. The number of nitrogens with one attached hydrogen (secondary N) is 2. The Labute approximate surface area is 120 Å². The maximum Gasteiger partial charge on any atom is 0.332 e. The summed E-state index contributed by atoms with van der Waals surface area (Å²) >= 11 is 1.63. The molecule has 106 valence electrons. The van der Waals surface area contributed by atoms with Crippen molar-refractivity contribution < 1.29 is 4.92 Å². The van der Waals surface area contributed by atoms with Gasteiger partial charge >= 0.3 is 5.69 Å². The maximum atomic E-state index is 11.1. The fourth-order valence-electron chi connectivity index (χ4n) is 1.78. The lowest BCUT2D eigenvalue weighted by Gasteiger charge is -2.09. The molecule has 8 heteroatoms. The molecule has 2 N–H and O–H groups in total. The largest absolute Gasteiger partial charge is 0.364 e. The molecule has 0 bridgehead atoms. The second-order valence-corrected chi connectivity index (χ2v) is 4.93. The highest BCUT2D eigenvalue weighted by Crippen LogP contribution is 2.26. The Hall–Kier alpha value is -2.22. The molecule has 0 aliphatic rings. The van der Waals surface area contributed by atoms with Gasteiger partial charge in [-0.2, -0.15) is 16.3 Å². The van der Waals surface area contributed by atoms with Crippen molar-refractivity contribution in [1.29, 1.82) is 0 Å². The molecule has 2 heterocycles. The Morgan fingerprint density at radius 1 is 1.45 bits per heavy atom. The summed E-state index contributed by atoms with van der Waals surface area (Å²) in [4.78, 5) is 18.8. The normalized spacial score (nSPS) is 10.3. The third-order valence-electron chi connectivity index (χ3n) is 2.75. The summed E-state index contributed by atoms with van der Waals surface area (Å²) in [5.74, 6) is 0.619. The van der Waals surface area contributed by atoms with Gasteiger partial charge in [0.15, 0.2) is 0 Å². The van der Waals surface area contributed by atoms with Gasteiger partial charge in [-0.25, -0.2) is 4.98 Å². The maximum absolute atomic E-state index is 11.1. The molecule has 0 aliphatic heterocycles. The molecule has 0 atom stereocenters. The van der Waals surface area contributed by atoms with E-state index in [1.165, 1.54) is 5.56 Å². The van der Waals surface area contributed by atoms with E-state index in [-0.39, 0.29) is 11.5 Å². The van der Waals surface area contributed by atoms with E-state index in [0.717, 1.165) is 6.42 Å². The third kappa shape index (κ3) is 3.21. The average Bonchev–Trinajstić information content (AvgIpc) is 2.90. The van der Waals surface area contributed by atoms with Gasteiger partial charge in [-0.3, -0.25) is 10.1 Å². The number of nitrogens with zero attached hydrogens (tertiary/aromatic N) is 3. The molecule has 0 saturated carbocycles. The molecule has 2 aromatic rings. The molecule has 2 aromatic heterocycles. The number of hydrogen-bond acceptors (Lipinski definition) is 7. The minimum atomic E-state index is -0.457. The van der Waals surface area contributed by atoms with Crippen LogP contribution in [-0.2, 0) is 6.42 Å². The zero-order chi connectivity index (χ0) is 14.5. The van der Waals surface area contributed by atoms with Crippen LogP contribution in [0.1, 0.15) is 11.3 Å². The standard InChI is InChI=1S/C12H15N5O2S/c1-8-10(17(18)19)11(16-12(13-2)15-8)14-5-3-9-4-6-20-7-9/h4,6-7H,3,5H2,1-2H3,(H2,13,14,15,16). The van der Waals surface area contributed by atoms with Crippen molar-refractivity contribution in [3.05, 3.63) is 38.2 Å². The molecule has 20 heavy (non-hydrogen) atoms. The molecule has 0 saturated heterocycles. The molecular weight excluding hydrogens is 278 g/mol. The van der Waals surface area contributed by atoms with Crippen LogP contribution >= 0.6 is 11.3 Å². The van der Waals surface area contributed by atoms with Gasteiger partial charge in [0.25, 0.3) is 0 Å². The Bertz CT molecular complexity index is 600. The topological polar surface area (TPSA) is 93.0 Å². The molecule has 0 fully saturated rings. The van der Waals surface area contributed by atoms with Gasteiger partial charge in [0.1, 0.15) is 5.69 Å². The van der Waals surface area contributed by atoms with Gasteiger partial charge in [-0.05, 0) is 35.7 Å². The lowest BCUT2D eigenvalue weighted by molar-refractivity contribution is -0.385. The van der Waals surface area contributed by atoms with Crippen LogP contribution in [0.2, 0.25) is 0 Å². The summed E-state index contributed by atoms with van der Waals surface area (Å²) in [7, 11) is 1.68. The predicted molar refractivity (Wildman–Crippen MR) is 79.5 cm³/mol. The summed E-state index contributed by atoms with van der Waals surface area (Å²) in [5.41, 5.74) is 1.46. The summed E-state index contributed by atoms with van der Waals surface area (Å²) in [6, 6.07) is 2.03. The van der Waals surface area contributed by atoms with Crippen molar-refractivity contribution in [2.75, 3.05) is 24.2 Å². The Kier molecular flexibility index (Phi) is 4.46. The van der Waals surface area contributed by atoms with E-state index < -0.39 is 4.92 Å². The van der Waals surface area contributed by atoms with Crippen molar-refractivity contribution in [3.8, 4) is 0 Å². The van der Waals surface area contributed by atoms with Gasteiger partial charge in [0.05, 0.1) is 4.92 Å². The van der Waals surface area contributed by atoms with Crippen LogP contribution in [0.3, 0.4) is 0 Å². The summed E-state index contributed by atoms with van der Waals surface area (Å²) in [6.45, 7) is 2.18. The highest BCUT2D eigenvalue weighted by Gasteiger charge is 2.21. The SMILES string of the molecule is CNc1nc(C)c([N+](=O)[O-])c(NCCc2ccsc2)n1. The van der Waals surface area contributed by atoms with Gasteiger partial charge < -0.3 is 10.6 Å². The lowest BCUT2D eigenvalue weighted by Crippen LogP contribution is -2.11. The number of anilines is 2. The van der Waals surface area contributed by atoms with Crippen LogP contribution in [0, 0.1) is 17.0 Å². The average molecular weight is 293 g/mol. The Morgan fingerprint density at radius 3 is 2.85 bits per heavy atom. The number of aromatic nitrogens is 2. The Balaban J connectivity index is 2.16. The fraction of sp³-hybridized carbons (Fsp3) is 0.333. The molecule has 0 spiro atoms. The number of thiophene rings is 1. The van der Waals surface area contributed by atoms with Crippen LogP contribution in [0.4, 0.5) is 17.5 Å². The van der Waals surface area contributed by atoms with E-state index in [0.29, 0.717) is 18.2 Å². The first-order valence-corrected chi connectivity index (χ1v) is 7.02. The Morgan fingerprint density at radius 2 is 2.25 bits per heavy atom. The summed E-state index contributed by atoms with van der Waals surface area (Å²) < 4.78 is 0. The van der Waals surface area contributed by atoms with Crippen LogP contribution in [0.25, 0.3) is 0 Å². The highest BCUT2D eigenvalue weighted by atomic mass is 32.1. The van der Waals surface area contributed by atoms with E-state index in [1.54, 1.807) is 25.3 Å². The summed E-state index contributed by atoms with van der Waals surface area (Å²) in [6.07, 6.45) is 0.790. The van der Waals surface area contributed by atoms with Crippen LogP contribution in [0.5, 0.6) is 0 Å². The zero-order valence-electron chi connectivity index (χ0n) is 11.2. The quantitative estimate of drug-likeness (QED) is 0.627. The molecule has 0 aromatic carbocycles. The van der Waals surface area contributed by atoms with Gasteiger partial charge in [-0.15, -0.1) is 0 Å². The van der Waals surface area contributed by atoms with E-state index in [9.17, 15) is 10.1 Å². The second-order valence-electron chi connectivity index (χ2n) is 4.15. The van der Waals surface area contributed by atoms with Crippen LogP contribution in [0.15, 0.2) is 16.8 Å². The minimum Gasteiger partial charge on any atom is -0.364 e. The molecule has 0 aliphatic carbocycles. The number of hydrogen-bond donors (Lipinski definition) is 2. The minimum absolute atomic E-state index is 0.0747. The van der Waals surface area contributed by atoms with Crippen LogP contribution in [-0.4, -0.2) is 28.5 Å².